The molecule has 5 heteroatoms. The number of rotatable bonds is 2. The molecule has 1 atom stereocenters. The third-order valence-corrected chi connectivity index (χ3v) is 3.74. The van der Waals surface area contributed by atoms with E-state index in [1.165, 1.54) is 6.42 Å². The second kappa shape index (κ2) is 5.84. The zero-order valence-electron chi connectivity index (χ0n) is 12.4. The first-order chi connectivity index (χ1) is 8.97. The van der Waals surface area contributed by atoms with Crippen LogP contribution in [-0.2, 0) is 0 Å². The van der Waals surface area contributed by atoms with Crippen LogP contribution in [-0.4, -0.2) is 53.5 Å². The quantitative estimate of drug-likeness (QED) is 0.876. The largest absolute Gasteiger partial charge is 0.384 e. The first kappa shape index (κ1) is 14.2. The normalized spacial score (nSPS) is 22.7. The van der Waals surface area contributed by atoms with E-state index >= 15 is 0 Å². The Bertz CT molecular complexity index is 432. The first-order valence-corrected chi connectivity index (χ1v) is 7.00. The van der Waals surface area contributed by atoms with Gasteiger partial charge in [-0.2, -0.15) is 0 Å². The Hall–Kier alpha value is -1.20. The van der Waals surface area contributed by atoms with Gasteiger partial charge in [0.2, 0.25) is 0 Å². The van der Waals surface area contributed by atoms with Crippen molar-refractivity contribution in [1.29, 1.82) is 0 Å². The third-order valence-electron chi connectivity index (χ3n) is 3.74. The summed E-state index contributed by atoms with van der Waals surface area (Å²) in [6.07, 6.45) is 1.18. The summed E-state index contributed by atoms with van der Waals surface area (Å²) in [4.78, 5) is 13.9. The number of nitrogens with zero attached hydrogens (tertiary/aromatic N) is 4. The highest BCUT2D eigenvalue weighted by Crippen LogP contribution is 2.23. The fraction of sp³-hybridized carbons (Fsp3) is 0.714. The van der Waals surface area contributed by atoms with Crippen LogP contribution in [0.25, 0.3) is 0 Å². The first-order valence-electron chi connectivity index (χ1n) is 7.00. The Morgan fingerprint density at radius 3 is 2.68 bits per heavy atom. The molecule has 1 aromatic rings. The maximum absolute atomic E-state index is 5.94. The zero-order valence-corrected chi connectivity index (χ0v) is 12.4. The average Bonchev–Trinajstić information content (AvgIpc) is 2.50. The van der Waals surface area contributed by atoms with Crippen LogP contribution in [0.1, 0.15) is 43.7 Å². The van der Waals surface area contributed by atoms with E-state index in [9.17, 15) is 0 Å². The molecule has 5 nitrogen and oxygen atoms in total. The fourth-order valence-corrected chi connectivity index (χ4v) is 2.50. The molecule has 1 aliphatic rings. The second-order valence-electron chi connectivity index (χ2n) is 5.84. The van der Waals surface area contributed by atoms with Crippen LogP contribution in [0.2, 0.25) is 0 Å². The lowest BCUT2D eigenvalue weighted by Crippen LogP contribution is -2.32. The van der Waals surface area contributed by atoms with Gasteiger partial charge in [-0.15, -0.1) is 0 Å². The van der Waals surface area contributed by atoms with Crippen LogP contribution in [0.15, 0.2) is 6.07 Å². The summed E-state index contributed by atoms with van der Waals surface area (Å²) in [7, 11) is 4.30. The van der Waals surface area contributed by atoms with Crippen molar-refractivity contribution in [3.8, 4) is 0 Å². The van der Waals surface area contributed by atoms with Gasteiger partial charge in [-0.1, -0.05) is 13.8 Å². The lowest BCUT2D eigenvalue weighted by molar-refractivity contribution is 0.219. The molecule has 2 rings (SSSR count). The SMILES string of the molecule is CC(C)c1cc(N)nc(C2CN(C)CCCN2C)n1. The number of nitrogens with two attached hydrogens (primary N) is 1. The minimum atomic E-state index is 0.230. The van der Waals surface area contributed by atoms with Gasteiger partial charge < -0.3 is 10.6 Å². The van der Waals surface area contributed by atoms with Crippen molar-refractivity contribution < 1.29 is 0 Å². The van der Waals surface area contributed by atoms with Crippen LogP contribution >= 0.6 is 0 Å². The van der Waals surface area contributed by atoms with Gasteiger partial charge in [0.15, 0.2) is 0 Å². The Kier molecular flexibility index (Phi) is 4.37. The molecule has 0 saturated carbocycles. The summed E-state index contributed by atoms with van der Waals surface area (Å²) in [6.45, 7) is 7.42. The van der Waals surface area contributed by atoms with E-state index in [2.05, 4.69) is 42.7 Å². The second-order valence-corrected chi connectivity index (χ2v) is 5.84. The molecule has 0 aromatic carbocycles. The van der Waals surface area contributed by atoms with Crippen LogP contribution in [0.5, 0.6) is 0 Å². The van der Waals surface area contributed by atoms with Crippen LogP contribution in [0.4, 0.5) is 5.82 Å². The van der Waals surface area contributed by atoms with E-state index < -0.39 is 0 Å². The molecule has 1 unspecified atom stereocenters. The molecular weight excluding hydrogens is 238 g/mol. The van der Waals surface area contributed by atoms with Crippen molar-refractivity contribution in [2.45, 2.75) is 32.2 Å². The van der Waals surface area contributed by atoms with Crippen molar-refractivity contribution in [2.24, 2.45) is 0 Å². The smallest absolute Gasteiger partial charge is 0.149 e. The van der Waals surface area contributed by atoms with Gasteiger partial charge in [0.25, 0.3) is 0 Å². The van der Waals surface area contributed by atoms with Crippen molar-refractivity contribution in [3.63, 3.8) is 0 Å². The monoisotopic (exact) mass is 263 g/mol. The molecule has 2 N–H and O–H groups in total. The molecule has 1 fully saturated rings. The highest BCUT2D eigenvalue weighted by atomic mass is 15.2. The number of hydrogen-bond acceptors (Lipinski definition) is 5. The van der Waals surface area contributed by atoms with E-state index in [0.717, 1.165) is 31.2 Å². The van der Waals surface area contributed by atoms with Crippen molar-refractivity contribution in [2.75, 3.05) is 39.5 Å². The maximum Gasteiger partial charge on any atom is 0.149 e. The Morgan fingerprint density at radius 2 is 2.00 bits per heavy atom. The minimum Gasteiger partial charge on any atom is -0.384 e. The molecular formula is C14H25N5. The predicted molar refractivity (Wildman–Crippen MR) is 78.0 cm³/mol. The van der Waals surface area contributed by atoms with Crippen LogP contribution in [0, 0.1) is 0 Å². The molecule has 106 valence electrons. The van der Waals surface area contributed by atoms with Gasteiger partial charge in [-0.3, -0.25) is 4.90 Å². The summed E-state index contributed by atoms with van der Waals surface area (Å²) >= 11 is 0. The van der Waals surface area contributed by atoms with Gasteiger partial charge >= 0.3 is 0 Å². The summed E-state index contributed by atoms with van der Waals surface area (Å²) in [6, 6.07) is 2.11. The van der Waals surface area contributed by atoms with Gasteiger partial charge in [-0.25, -0.2) is 9.97 Å². The number of nitrogen functional groups attached to an aromatic ring is 1. The van der Waals surface area contributed by atoms with E-state index in [1.54, 1.807) is 0 Å². The van der Waals surface area contributed by atoms with Gasteiger partial charge in [0, 0.05) is 18.3 Å². The number of likely N-dealkylation sites (N-methyl/N-ethyl adjacent to an activating group) is 2. The minimum absolute atomic E-state index is 0.230. The number of anilines is 1. The van der Waals surface area contributed by atoms with Gasteiger partial charge in [0.05, 0.1) is 6.04 Å². The predicted octanol–water partition coefficient (Wildman–Crippen LogP) is 1.49. The average molecular weight is 263 g/mol. The van der Waals surface area contributed by atoms with E-state index in [1.807, 2.05) is 6.07 Å². The standard InChI is InChI=1S/C14H25N5/c1-10(2)11-8-13(15)17-14(16-11)12-9-18(3)6-5-7-19(12)4/h8,10,12H,5-7,9H2,1-4H3,(H2,15,16,17). The fourth-order valence-electron chi connectivity index (χ4n) is 2.50. The highest BCUT2D eigenvalue weighted by Gasteiger charge is 2.25. The van der Waals surface area contributed by atoms with Gasteiger partial charge in [-0.05, 0) is 39.5 Å². The molecule has 19 heavy (non-hydrogen) atoms. The summed E-state index contributed by atoms with van der Waals surface area (Å²) < 4.78 is 0. The highest BCUT2D eigenvalue weighted by molar-refractivity contribution is 5.31. The lowest BCUT2D eigenvalue weighted by Gasteiger charge is -2.26. The Balaban J connectivity index is 2.33. The summed E-state index contributed by atoms with van der Waals surface area (Å²) in [5.41, 5.74) is 6.97. The molecule has 1 aromatic heterocycles. The van der Waals surface area contributed by atoms with E-state index in [0.29, 0.717) is 11.7 Å². The van der Waals surface area contributed by atoms with Crippen LogP contribution in [0.3, 0.4) is 0 Å². The topological polar surface area (TPSA) is 58.3 Å². The number of hydrogen-bond donors (Lipinski definition) is 1. The van der Waals surface area contributed by atoms with Crippen molar-refractivity contribution in [1.82, 2.24) is 19.8 Å². The van der Waals surface area contributed by atoms with Crippen molar-refractivity contribution in [3.05, 3.63) is 17.6 Å². The molecule has 0 aliphatic carbocycles. The van der Waals surface area contributed by atoms with Crippen molar-refractivity contribution >= 4 is 5.82 Å². The Morgan fingerprint density at radius 1 is 1.26 bits per heavy atom. The Labute approximate surface area is 115 Å². The summed E-state index contributed by atoms with van der Waals surface area (Å²) in [5.74, 6) is 1.81. The lowest BCUT2D eigenvalue weighted by atomic mass is 10.1. The molecule has 0 spiro atoms. The molecule has 0 amide bonds. The molecule has 0 radical (unpaired) electrons. The molecule has 2 heterocycles. The maximum atomic E-state index is 5.94. The zero-order chi connectivity index (χ0) is 14.0. The summed E-state index contributed by atoms with van der Waals surface area (Å²) in [5, 5.41) is 0. The van der Waals surface area contributed by atoms with Crippen LogP contribution < -0.4 is 5.73 Å². The molecule has 1 aliphatic heterocycles. The third kappa shape index (κ3) is 3.42. The molecule has 1 saturated heterocycles. The van der Waals surface area contributed by atoms with Gasteiger partial charge in [0.1, 0.15) is 11.6 Å². The number of aromatic nitrogens is 2. The van der Waals surface area contributed by atoms with E-state index in [4.69, 9.17) is 10.7 Å². The van der Waals surface area contributed by atoms with E-state index in [-0.39, 0.29) is 6.04 Å². The molecule has 0 bridgehead atoms.